The molecule has 0 bridgehead atoms. The van der Waals surface area contributed by atoms with Crippen molar-refractivity contribution in [2.75, 3.05) is 18.1 Å². The minimum Gasteiger partial charge on any atom is -0.394 e. The van der Waals surface area contributed by atoms with E-state index in [1.165, 1.54) is 17.2 Å². The zero-order valence-corrected chi connectivity index (χ0v) is 17.3. The maximum atomic E-state index is 14.6. The van der Waals surface area contributed by atoms with E-state index in [1.54, 1.807) is 35.0 Å². The number of rotatable bonds is 6. The van der Waals surface area contributed by atoms with Crippen LogP contribution in [0.5, 0.6) is 0 Å². The van der Waals surface area contributed by atoms with Crippen molar-refractivity contribution >= 4 is 5.82 Å². The van der Waals surface area contributed by atoms with E-state index in [9.17, 15) is 19.0 Å². The number of benzene rings is 1. The van der Waals surface area contributed by atoms with E-state index in [2.05, 4.69) is 20.2 Å². The van der Waals surface area contributed by atoms with E-state index in [0.717, 1.165) is 6.20 Å². The van der Waals surface area contributed by atoms with Crippen LogP contribution in [0.4, 0.5) is 14.6 Å². The molecule has 0 amide bonds. The van der Waals surface area contributed by atoms with Gasteiger partial charge in [0.05, 0.1) is 37.2 Å². The highest BCUT2D eigenvalue weighted by Crippen LogP contribution is 2.30. The van der Waals surface area contributed by atoms with Crippen molar-refractivity contribution in [3.8, 4) is 22.9 Å². The Morgan fingerprint density at radius 1 is 1.12 bits per heavy atom. The highest BCUT2D eigenvalue weighted by molar-refractivity contribution is 5.63. The molecule has 11 heteroatoms. The van der Waals surface area contributed by atoms with Crippen LogP contribution in [0.3, 0.4) is 0 Å². The average molecular weight is 454 g/mol. The molecule has 0 saturated carbocycles. The fourth-order valence-electron chi connectivity index (χ4n) is 3.99. The first-order valence-electron chi connectivity index (χ1n) is 10.4. The third-order valence-corrected chi connectivity index (χ3v) is 5.68. The largest absolute Gasteiger partial charge is 0.394 e. The van der Waals surface area contributed by atoms with E-state index in [1.807, 2.05) is 0 Å². The van der Waals surface area contributed by atoms with Gasteiger partial charge < -0.3 is 19.6 Å². The van der Waals surface area contributed by atoms with Gasteiger partial charge in [-0.3, -0.25) is 4.68 Å². The van der Waals surface area contributed by atoms with Crippen LogP contribution in [-0.2, 0) is 6.54 Å². The van der Waals surface area contributed by atoms with Gasteiger partial charge in [0.1, 0.15) is 23.5 Å². The first kappa shape index (κ1) is 21.2. The molecule has 1 aromatic carbocycles. The number of anilines is 1. The molecule has 4 heterocycles. The van der Waals surface area contributed by atoms with Gasteiger partial charge in [0, 0.05) is 18.2 Å². The van der Waals surface area contributed by atoms with E-state index >= 15 is 0 Å². The summed E-state index contributed by atoms with van der Waals surface area (Å²) in [7, 11) is 0. The zero-order chi connectivity index (χ0) is 22.9. The molecule has 5 rings (SSSR count). The van der Waals surface area contributed by atoms with Gasteiger partial charge in [0.15, 0.2) is 17.5 Å². The number of aliphatic hydroxyl groups is 2. The molecular formula is C22H20F2N6O3. The Bertz CT molecular complexity index is 1260. The van der Waals surface area contributed by atoms with Crippen LogP contribution in [0.1, 0.15) is 12.0 Å². The Morgan fingerprint density at radius 3 is 2.73 bits per heavy atom. The lowest BCUT2D eigenvalue weighted by molar-refractivity contribution is 0.127. The highest BCUT2D eigenvalue weighted by Gasteiger charge is 2.35. The molecule has 2 atom stereocenters. The van der Waals surface area contributed by atoms with Crippen molar-refractivity contribution < 1.29 is 23.5 Å². The number of hydrogen-bond acceptors (Lipinski definition) is 8. The van der Waals surface area contributed by atoms with Crippen molar-refractivity contribution in [2.24, 2.45) is 0 Å². The Hall–Kier alpha value is -3.70. The Kier molecular flexibility index (Phi) is 5.56. The van der Waals surface area contributed by atoms with Gasteiger partial charge in [0.25, 0.3) is 0 Å². The molecule has 3 aromatic heterocycles. The Labute approximate surface area is 186 Å². The summed E-state index contributed by atoms with van der Waals surface area (Å²) in [4.78, 5) is 9.95. The summed E-state index contributed by atoms with van der Waals surface area (Å²) in [6, 6.07) is 9.01. The molecule has 33 heavy (non-hydrogen) atoms. The summed E-state index contributed by atoms with van der Waals surface area (Å²) in [6.45, 7) is 0.118. The van der Waals surface area contributed by atoms with Crippen LogP contribution in [0.2, 0.25) is 0 Å². The zero-order valence-electron chi connectivity index (χ0n) is 17.3. The second-order valence-corrected chi connectivity index (χ2v) is 7.71. The molecule has 2 N–H and O–H groups in total. The van der Waals surface area contributed by atoms with Crippen LogP contribution in [-0.4, -0.2) is 60.4 Å². The van der Waals surface area contributed by atoms with E-state index in [4.69, 9.17) is 4.52 Å². The lowest BCUT2D eigenvalue weighted by Crippen LogP contribution is -2.39. The topological polar surface area (TPSA) is 113 Å². The lowest BCUT2D eigenvalue weighted by atomic mass is 10.2. The molecule has 4 aromatic rings. The second kappa shape index (κ2) is 8.68. The van der Waals surface area contributed by atoms with Crippen LogP contribution < -0.4 is 4.90 Å². The molecule has 0 spiro atoms. The third-order valence-electron chi connectivity index (χ3n) is 5.68. The van der Waals surface area contributed by atoms with Crippen LogP contribution in [0.25, 0.3) is 22.9 Å². The number of nitrogens with zero attached hydrogens (tertiary/aromatic N) is 6. The van der Waals surface area contributed by atoms with E-state index in [0.29, 0.717) is 35.6 Å². The summed E-state index contributed by atoms with van der Waals surface area (Å²) in [5.41, 5.74) is 1.78. The van der Waals surface area contributed by atoms with Gasteiger partial charge in [-0.25, -0.2) is 18.7 Å². The number of aliphatic hydroxyl groups excluding tert-OH is 2. The van der Waals surface area contributed by atoms with Crippen molar-refractivity contribution in [1.29, 1.82) is 0 Å². The predicted octanol–water partition coefficient (Wildman–Crippen LogP) is 2.25. The molecule has 1 fully saturated rings. The van der Waals surface area contributed by atoms with Gasteiger partial charge in [-0.2, -0.15) is 5.10 Å². The molecule has 1 aliphatic heterocycles. The van der Waals surface area contributed by atoms with Gasteiger partial charge in [-0.05, 0) is 18.6 Å². The van der Waals surface area contributed by atoms with Crippen LogP contribution >= 0.6 is 0 Å². The fourth-order valence-corrected chi connectivity index (χ4v) is 3.99. The summed E-state index contributed by atoms with van der Waals surface area (Å²) < 4.78 is 35.4. The van der Waals surface area contributed by atoms with Crippen LogP contribution in [0.15, 0.2) is 53.4 Å². The van der Waals surface area contributed by atoms with Crippen molar-refractivity contribution in [2.45, 2.75) is 25.1 Å². The standard InChI is InChI=1S/C22H20F2N6O3/c23-14-4-2-1-3-13(14)11-30-18(16-6-8-33-28-16)9-17(27-30)21-25-10-15(24)22(26-21)29-7-5-20(32)19(29)12-31/h1-4,6,8-10,19-20,31-32H,5,7,11-12H2/t19-,20?/m1/s1. The quantitative estimate of drug-likeness (QED) is 0.456. The summed E-state index contributed by atoms with van der Waals surface area (Å²) in [6.07, 6.45) is 2.04. The molecular weight excluding hydrogens is 434 g/mol. The Morgan fingerprint density at radius 2 is 1.97 bits per heavy atom. The van der Waals surface area contributed by atoms with Crippen LogP contribution in [0, 0.1) is 11.6 Å². The maximum absolute atomic E-state index is 14.6. The predicted molar refractivity (Wildman–Crippen MR) is 113 cm³/mol. The second-order valence-electron chi connectivity index (χ2n) is 7.71. The maximum Gasteiger partial charge on any atom is 0.183 e. The monoisotopic (exact) mass is 454 g/mol. The SMILES string of the molecule is OC[C@@H]1C(O)CCN1c1nc(-c2cc(-c3ccon3)n(Cc3ccccc3F)n2)ncc1F. The third kappa shape index (κ3) is 3.96. The summed E-state index contributed by atoms with van der Waals surface area (Å²) >= 11 is 0. The van der Waals surface area contributed by atoms with Gasteiger partial charge in [-0.1, -0.05) is 23.4 Å². The van der Waals surface area contributed by atoms with Crippen molar-refractivity contribution in [3.05, 3.63) is 66.1 Å². The molecule has 0 aliphatic carbocycles. The number of aromatic nitrogens is 5. The van der Waals surface area contributed by atoms with Crippen molar-refractivity contribution in [3.63, 3.8) is 0 Å². The van der Waals surface area contributed by atoms with Gasteiger partial charge in [0.2, 0.25) is 0 Å². The minimum absolute atomic E-state index is 0.0257. The minimum atomic E-state index is -0.786. The number of hydrogen-bond donors (Lipinski definition) is 2. The molecule has 1 aliphatic rings. The average Bonchev–Trinajstić information content (AvgIpc) is 3.55. The molecule has 1 unspecified atom stereocenters. The summed E-state index contributed by atoms with van der Waals surface area (Å²) in [5.74, 6) is -0.929. The lowest BCUT2D eigenvalue weighted by Gasteiger charge is -2.25. The fraction of sp³-hybridized carbons (Fsp3) is 0.273. The van der Waals surface area contributed by atoms with Crippen molar-refractivity contribution in [1.82, 2.24) is 24.9 Å². The molecule has 0 radical (unpaired) electrons. The van der Waals surface area contributed by atoms with E-state index < -0.39 is 18.0 Å². The first-order valence-corrected chi connectivity index (χ1v) is 10.4. The normalized spacial score (nSPS) is 18.2. The molecule has 9 nitrogen and oxygen atoms in total. The van der Waals surface area contributed by atoms with Gasteiger partial charge in [-0.15, -0.1) is 0 Å². The number of halogens is 2. The van der Waals surface area contributed by atoms with E-state index in [-0.39, 0.29) is 30.6 Å². The highest BCUT2D eigenvalue weighted by atomic mass is 19.1. The molecule has 1 saturated heterocycles. The smallest absolute Gasteiger partial charge is 0.183 e. The first-order chi connectivity index (χ1) is 16.0. The van der Waals surface area contributed by atoms with Gasteiger partial charge >= 0.3 is 0 Å². The summed E-state index contributed by atoms with van der Waals surface area (Å²) in [5, 5.41) is 28.2. The Balaban J connectivity index is 1.55. The molecule has 170 valence electrons.